The first-order valence-electron chi connectivity index (χ1n) is 5.34. The molecule has 0 spiro atoms. The van der Waals surface area contributed by atoms with Crippen LogP contribution in [0.1, 0.15) is 18.9 Å². The first-order chi connectivity index (χ1) is 8.35. The molecule has 0 radical (unpaired) electrons. The second-order valence-corrected chi connectivity index (χ2v) is 3.67. The zero-order valence-corrected chi connectivity index (χ0v) is 9.74. The van der Waals surface area contributed by atoms with Crippen molar-refractivity contribution in [1.82, 2.24) is 4.98 Å². The smallest absolute Gasteiger partial charge is 0.421 e. The van der Waals surface area contributed by atoms with Crippen molar-refractivity contribution in [2.24, 2.45) is 0 Å². The quantitative estimate of drug-likeness (QED) is 0.849. The molecule has 0 aromatic carbocycles. The molecule has 1 unspecified atom stereocenters. The summed E-state index contributed by atoms with van der Waals surface area (Å²) < 4.78 is 43.4. The molecule has 1 aromatic heterocycles. The molecule has 18 heavy (non-hydrogen) atoms. The summed E-state index contributed by atoms with van der Waals surface area (Å²) in [5.74, 6) is -0.0716. The topological polar surface area (TPSA) is 62.6 Å². The Labute approximate surface area is 102 Å². The Hall–Kier alpha value is -1.34. The minimum atomic E-state index is -4.78. The maximum Gasteiger partial charge on any atom is 0.421 e. The monoisotopic (exact) mass is 265 g/mol. The third kappa shape index (κ3) is 2.91. The van der Waals surface area contributed by atoms with Crippen molar-refractivity contribution in [2.45, 2.75) is 25.1 Å². The lowest BCUT2D eigenvalue weighted by Gasteiger charge is -2.29. The minimum Gasteiger partial charge on any atom is -0.475 e. The van der Waals surface area contributed by atoms with Gasteiger partial charge in [-0.3, -0.25) is 0 Å². The van der Waals surface area contributed by atoms with Crippen molar-refractivity contribution in [3.8, 4) is 5.88 Å². The van der Waals surface area contributed by atoms with E-state index in [0.29, 0.717) is 0 Å². The molecule has 0 fully saturated rings. The molecule has 1 atom stereocenters. The van der Waals surface area contributed by atoms with Gasteiger partial charge in [-0.1, -0.05) is 6.92 Å². The van der Waals surface area contributed by atoms with Gasteiger partial charge in [0, 0.05) is 12.3 Å². The second-order valence-electron chi connectivity index (χ2n) is 3.67. The summed E-state index contributed by atoms with van der Waals surface area (Å²) in [5.41, 5.74) is -3.26. The zero-order valence-electron chi connectivity index (χ0n) is 9.74. The number of aliphatic hydroxyl groups excluding tert-OH is 1. The van der Waals surface area contributed by atoms with E-state index in [2.05, 4.69) is 4.98 Å². The van der Waals surface area contributed by atoms with Crippen molar-refractivity contribution in [3.05, 3.63) is 23.9 Å². The van der Waals surface area contributed by atoms with Crippen LogP contribution in [0, 0.1) is 0 Å². The summed E-state index contributed by atoms with van der Waals surface area (Å²) in [6.45, 7) is 0.887. The first-order valence-corrected chi connectivity index (χ1v) is 5.34. The maximum atomic E-state index is 12.8. The van der Waals surface area contributed by atoms with Crippen LogP contribution in [-0.2, 0) is 5.60 Å². The SMILES string of the molecule is CCC(O)(c1ccnc(OCCO)c1)C(F)(F)F. The number of ether oxygens (including phenoxy) is 1. The van der Waals surface area contributed by atoms with Gasteiger partial charge in [0.05, 0.1) is 6.61 Å². The highest BCUT2D eigenvalue weighted by molar-refractivity contribution is 5.27. The van der Waals surface area contributed by atoms with E-state index in [-0.39, 0.29) is 24.7 Å². The van der Waals surface area contributed by atoms with Crippen molar-refractivity contribution in [3.63, 3.8) is 0 Å². The predicted octanol–water partition coefficient (Wildman–Crippen LogP) is 1.61. The fraction of sp³-hybridized carbons (Fsp3) is 0.545. The number of aliphatic hydroxyl groups is 2. The lowest BCUT2D eigenvalue weighted by Crippen LogP contribution is -2.41. The third-order valence-electron chi connectivity index (χ3n) is 2.53. The average Bonchev–Trinajstić information content (AvgIpc) is 2.34. The van der Waals surface area contributed by atoms with E-state index in [1.165, 1.54) is 6.92 Å². The third-order valence-corrected chi connectivity index (χ3v) is 2.53. The highest BCUT2D eigenvalue weighted by Gasteiger charge is 2.53. The summed E-state index contributed by atoms with van der Waals surface area (Å²) in [6.07, 6.45) is -4.17. The molecule has 0 saturated heterocycles. The van der Waals surface area contributed by atoms with Crippen molar-refractivity contribution >= 4 is 0 Å². The van der Waals surface area contributed by atoms with Gasteiger partial charge in [-0.25, -0.2) is 4.98 Å². The standard InChI is InChI=1S/C11H14F3NO3/c1-2-10(17,11(12,13)14)8-3-4-15-9(7-8)18-6-5-16/h3-4,7,16-17H,2,5-6H2,1H3. The van der Waals surface area contributed by atoms with E-state index in [4.69, 9.17) is 9.84 Å². The maximum absolute atomic E-state index is 12.8. The van der Waals surface area contributed by atoms with Gasteiger partial charge in [0.25, 0.3) is 0 Å². The molecule has 0 aliphatic heterocycles. The Morgan fingerprint density at radius 3 is 2.56 bits per heavy atom. The van der Waals surface area contributed by atoms with E-state index >= 15 is 0 Å². The fourth-order valence-electron chi connectivity index (χ4n) is 1.46. The molecule has 4 nitrogen and oxygen atoms in total. The van der Waals surface area contributed by atoms with Gasteiger partial charge < -0.3 is 14.9 Å². The lowest BCUT2D eigenvalue weighted by molar-refractivity contribution is -0.267. The number of alkyl halides is 3. The molecule has 1 rings (SSSR count). The van der Waals surface area contributed by atoms with Gasteiger partial charge in [-0.05, 0) is 18.1 Å². The predicted molar refractivity (Wildman–Crippen MR) is 57.1 cm³/mol. The molecular formula is C11H14F3NO3. The van der Waals surface area contributed by atoms with Crippen LogP contribution in [-0.4, -0.2) is 34.6 Å². The van der Waals surface area contributed by atoms with Crippen LogP contribution < -0.4 is 4.74 Å². The number of hydrogen-bond acceptors (Lipinski definition) is 4. The number of halogens is 3. The average molecular weight is 265 g/mol. The minimum absolute atomic E-state index is 0.0716. The molecule has 1 aromatic rings. The Balaban J connectivity index is 3.07. The summed E-state index contributed by atoms with van der Waals surface area (Å²) in [4.78, 5) is 3.69. The first kappa shape index (κ1) is 14.7. The van der Waals surface area contributed by atoms with Crippen molar-refractivity contribution < 1.29 is 28.1 Å². The number of nitrogens with zero attached hydrogens (tertiary/aromatic N) is 1. The number of hydrogen-bond donors (Lipinski definition) is 2. The van der Waals surface area contributed by atoms with Crippen LogP contribution in [0.2, 0.25) is 0 Å². The summed E-state index contributed by atoms with van der Waals surface area (Å²) in [6, 6.07) is 2.11. The van der Waals surface area contributed by atoms with E-state index in [9.17, 15) is 18.3 Å². The number of aromatic nitrogens is 1. The molecule has 0 amide bonds. The number of rotatable bonds is 5. The van der Waals surface area contributed by atoms with Crippen LogP contribution in [0.5, 0.6) is 5.88 Å². The molecule has 0 bridgehead atoms. The number of pyridine rings is 1. The van der Waals surface area contributed by atoms with E-state index in [0.717, 1.165) is 18.3 Å². The van der Waals surface area contributed by atoms with E-state index in [1.54, 1.807) is 0 Å². The van der Waals surface area contributed by atoms with E-state index < -0.39 is 18.2 Å². The lowest BCUT2D eigenvalue weighted by atomic mass is 9.91. The molecule has 7 heteroatoms. The Morgan fingerprint density at radius 1 is 1.39 bits per heavy atom. The van der Waals surface area contributed by atoms with Crippen LogP contribution >= 0.6 is 0 Å². The molecule has 102 valence electrons. The van der Waals surface area contributed by atoms with Gasteiger partial charge in [0.1, 0.15) is 6.61 Å². The van der Waals surface area contributed by atoms with Crippen LogP contribution in [0.4, 0.5) is 13.2 Å². The fourth-order valence-corrected chi connectivity index (χ4v) is 1.46. The normalized spacial score (nSPS) is 15.2. The van der Waals surface area contributed by atoms with Crippen molar-refractivity contribution in [2.75, 3.05) is 13.2 Å². The van der Waals surface area contributed by atoms with Gasteiger partial charge in [-0.2, -0.15) is 13.2 Å². The summed E-state index contributed by atoms with van der Waals surface area (Å²) in [5, 5.41) is 18.3. The molecular weight excluding hydrogens is 251 g/mol. The summed E-state index contributed by atoms with van der Waals surface area (Å²) >= 11 is 0. The van der Waals surface area contributed by atoms with Crippen LogP contribution in [0.15, 0.2) is 18.3 Å². The van der Waals surface area contributed by atoms with Gasteiger partial charge in [0.2, 0.25) is 5.88 Å². The summed E-state index contributed by atoms with van der Waals surface area (Å²) in [7, 11) is 0. The van der Waals surface area contributed by atoms with Gasteiger partial charge in [0.15, 0.2) is 5.60 Å². The largest absolute Gasteiger partial charge is 0.475 e. The van der Waals surface area contributed by atoms with Crippen LogP contribution in [0.3, 0.4) is 0 Å². The van der Waals surface area contributed by atoms with Gasteiger partial charge in [-0.15, -0.1) is 0 Å². The van der Waals surface area contributed by atoms with Gasteiger partial charge >= 0.3 is 6.18 Å². The molecule has 2 N–H and O–H groups in total. The highest BCUT2D eigenvalue weighted by atomic mass is 19.4. The second kappa shape index (κ2) is 5.53. The molecule has 0 aliphatic carbocycles. The Morgan fingerprint density at radius 2 is 2.06 bits per heavy atom. The van der Waals surface area contributed by atoms with E-state index in [1.807, 2.05) is 0 Å². The highest BCUT2D eigenvalue weighted by Crippen LogP contribution is 2.41. The van der Waals surface area contributed by atoms with Crippen LogP contribution in [0.25, 0.3) is 0 Å². The van der Waals surface area contributed by atoms with Crippen molar-refractivity contribution in [1.29, 1.82) is 0 Å². The Bertz CT molecular complexity index is 397. The molecule has 0 saturated carbocycles. The Kier molecular flexibility index (Phi) is 4.53. The molecule has 0 aliphatic rings. The molecule has 1 heterocycles. The zero-order chi connectivity index (χ0) is 13.8.